The molecular weight excluding hydrogens is 503 g/mol. The van der Waals surface area contributed by atoms with Crippen molar-refractivity contribution in [1.82, 2.24) is 19.5 Å². The normalized spacial score (nSPS) is 11.4. The first kappa shape index (κ1) is 22.0. The number of aromatic amines is 1. The van der Waals surface area contributed by atoms with Crippen LogP contribution in [0.1, 0.15) is 5.82 Å². The van der Waals surface area contributed by atoms with Crippen LogP contribution >= 0.6 is 46.6 Å². The molecule has 0 aliphatic rings. The summed E-state index contributed by atoms with van der Waals surface area (Å²) in [6, 6.07) is 17.0. The van der Waals surface area contributed by atoms with Gasteiger partial charge < -0.3 is 4.98 Å². The summed E-state index contributed by atoms with van der Waals surface area (Å²) in [4.78, 5) is 37.9. The van der Waals surface area contributed by atoms with Crippen LogP contribution < -0.4 is 11.1 Å². The van der Waals surface area contributed by atoms with Gasteiger partial charge in [-0.05, 0) is 42.5 Å². The Bertz CT molecular complexity index is 1650. The summed E-state index contributed by atoms with van der Waals surface area (Å²) < 4.78 is 1.42. The monoisotopic (exact) mass is 514 g/mol. The maximum absolute atomic E-state index is 13.4. The van der Waals surface area contributed by atoms with E-state index in [1.54, 1.807) is 54.6 Å². The van der Waals surface area contributed by atoms with Gasteiger partial charge in [0.15, 0.2) is 5.16 Å². The number of nitrogens with one attached hydrogen (secondary N) is 1. The smallest absolute Gasteiger partial charge is 0.266 e. The Labute approximate surface area is 206 Å². The summed E-state index contributed by atoms with van der Waals surface area (Å²) in [7, 11) is 0. The van der Waals surface area contributed by atoms with Gasteiger partial charge in [0.2, 0.25) is 0 Å². The molecule has 1 N–H and O–H groups in total. The standard InChI is InChI=1S/C23H13Cl3N4O2S/c24-12-8-9-18-14(10-12)21(31)29-23(28-18)33-11-19-27-17-7-2-1-4-13(17)22(32)30(19)20-15(25)5-3-6-16(20)26/h1-10H,11H2,(H,28,29,31). The number of benzene rings is 3. The van der Waals surface area contributed by atoms with Gasteiger partial charge in [-0.15, -0.1) is 0 Å². The number of fused-ring (bicyclic) bond motifs is 2. The van der Waals surface area contributed by atoms with Crippen molar-refractivity contribution in [3.8, 4) is 5.69 Å². The van der Waals surface area contributed by atoms with Crippen molar-refractivity contribution >= 4 is 68.4 Å². The average Bonchev–Trinajstić information content (AvgIpc) is 2.79. The highest BCUT2D eigenvalue weighted by atomic mass is 35.5. The maximum atomic E-state index is 13.4. The summed E-state index contributed by atoms with van der Waals surface area (Å²) in [5.74, 6) is 0.640. The van der Waals surface area contributed by atoms with Crippen LogP contribution in [0.5, 0.6) is 0 Å². The summed E-state index contributed by atoms with van der Waals surface area (Å²) in [5.41, 5.74) is 0.828. The van der Waals surface area contributed by atoms with Gasteiger partial charge in [0, 0.05) is 5.02 Å². The van der Waals surface area contributed by atoms with Crippen molar-refractivity contribution in [2.75, 3.05) is 0 Å². The van der Waals surface area contributed by atoms with E-state index in [0.717, 1.165) is 0 Å². The van der Waals surface area contributed by atoms with E-state index in [1.165, 1.54) is 16.3 Å². The molecule has 2 aromatic heterocycles. The first-order valence-corrected chi connectivity index (χ1v) is 11.8. The van der Waals surface area contributed by atoms with Gasteiger partial charge in [-0.2, -0.15) is 0 Å². The predicted octanol–water partition coefficient (Wildman–Crippen LogP) is 5.87. The van der Waals surface area contributed by atoms with Crippen molar-refractivity contribution in [2.45, 2.75) is 10.9 Å². The summed E-state index contributed by atoms with van der Waals surface area (Å²) >= 11 is 20.1. The van der Waals surface area contributed by atoms with E-state index in [1.807, 2.05) is 6.07 Å². The number of H-pyrrole nitrogens is 1. The number of halogens is 3. The minimum atomic E-state index is -0.303. The number of aromatic nitrogens is 4. The molecule has 0 radical (unpaired) electrons. The molecule has 5 rings (SSSR count). The molecule has 3 aromatic carbocycles. The molecule has 0 aliphatic carbocycles. The zero-order chi connectivity index (χ0) is 23.1. The fourth-order valence-corrected chi connectivity index (χ4v) is 5.03. The van der Waals surface area contributed by atoms with Gasteiger partial charge in [0.1, 0.15) is 5.82 Å². The van der Waals surface area contributed by atoms with Gasteiger partial charge in [0.05, 0.1) is 43.3 Å². The Balaban J connectivity index is 1.64. The predicted molar refractivity (Wildman–Crippen MR) is 134 cm³/mol. The number of para-hydroxylation sites is 2. The molecule has 0 saturated carbocycles. The minimum absolute atomic E-state index is 0.226. The highest BCUT2D eigenvalue weighted by Crippen LogP contribution is 2.30. The molecule has 0 atom stereocenters. The topological polar surface area (TPSA) is 80.6 Å². The van der Waals surface area contributed by atoms with E-state index in [2.05, 4.69) is 9.97 Å². The molecule has 10 heteroatoms. The zero-order valence-corrected chi connectivity index (χ0v) is 19.8. The lowest BCUT2D eigenvalue weighted by Gasteiger charge is -2.16. The van der Waals surface area contributed by atoms with E-state index in [0.29, 0.717) is 53.5 Å². The summed E-state index contributed by atoms with van der Waals surface area (Å²) in [5, 5.41) is 2.32. The van der Waals surface area contributed by atoms with E-state index < -0.39 is 0 Å². The van der Waals surface area contributed by atoms with Crippen LogP contribution in [0.3, 0.4) is 0 Å². The summed E-state index contributed by atoms with van der Waals surface area (Å²) in [6.07, 6.45) is 0. The van der Waals surface area contributed by atoms with Gasteiger partial charge in [-0.1, -0.05) is 64.8 Å². The lowest BCUT2D eigenvalue weighted by Crippen LogP contribution is -2.24. The molecule has 0 amide bonds. The third kappa shape index (κ3) is 4.13. The first-order chi connectivity index (χ1) is 15.9. The van der Waals surface area contributed by atoms with Crippen LogP contribution in [0.4, 0.5) is 0 Å². The number of hydrogen-bond donors (Lipinski definition) is 1. The van der Waals surface area contributed by atoms with Crippen molar-refractivity contribution in [1.29, 1.82) is 0 Å². The molecule has 2 heterocycles. The quantitative estimate of drug-likeness (QED) is 0.239. The molecule has 0 bridgehead atoms. The molecule has 5 aromatic rings. The minimum Gasteiger partial charge on any atom is -0.301 e. The van der Waals surface area contributed by atoms with Crippen molar-refractivity contribution in [2.24, 2.45) is 0 Å². The molecule has 0 fully saturated rings. The second kappa shape index (κ2) is 8.83. The number of thioether (sulfide) groups is 1. The van der Waals surface area contributed by atoms with Crippen LogP contribution in [0, 0.1) is 0 Å². The largest absolute Gasteiger partial charge is 0.301 e. The third-order valence-corrected chi connectivity index (χ3v) is 6.70. The second-order valence-electron chi connectivity index (χ2n) is 7.08. The molecule has 6 nitrogen and oxygen atoms in total. The van der Waals surface area contributed by atoms with Crippen molar-refractivity contribution in [3.63, 3.8) is 0 Å². The van der Waals surface area contributed by atoms with Gasteiger partial charge in [-0.3, -0.25) is 14.2 Å². The van der Waals surface area contributed by atoms with Crippen molar-refractivity contribution in [3.05, 3.63) is 102 Å². The van der Waals surface area contributed by atoms with E-state index in [4.69, 9.17) is 39.8 Å². The Morgan fingerprint density at radius 3 is 2.36 bits per heavy atom. The van der Waals surface area contributed by atoms with Gasteiger partial charge in [0.25, 0.3) is 11.1 Å². The Hall–Kier alpha value is -2.84. The van der Waals surface area contributed by atoms with Crippen LogP contribution in [0.15, 0.2) is 75.4 Å². The Kier molecular flexibility index (Phi) is 5.88. The molecule has 33 heavy (non-hydrogen) atoms. The molecule has 0 saturated heterocycles. The highest BCUT2D eigenvalue weighted by Gasteiger charge is 2.18. The fraction of sp³-hybridized carbons (Fsp3) is 0.0435. The highest BCUT2D eigenvalue weighted by molar-refractivity contribution is 7.98. The first-order valence-electron chi connectivity index (χ1n) is 9.70. The van der Waals surface area contributed by atoms with Crippen LogP contribution in [-0.4, -0.2) is 19.5 Å². The van der Waals surface area contributed by atoms with Crippen LogP contribution in [0.2, 0.25) is 15.1 Å². The average molecular weight is 516 g/mol. The lowest BCUT2D eigenvalue weighted by molar-refractivity contribution is 0.880. The van der Waals surface area contributed by atoms with E-state index >= 15 is 0 Å². The Morgan fingerprint density at radius 1 is 0.848 bits per heavy atom. The van der Waals surface area contributed by atoms with Crippen LogP contribution in [0.25, 0.3) is 27.5 Å². The maximum Gasteiger partial charge on any atom is 0.266 e. The van der Waals surface area contributed by atoms with E-state index in [-0.39, 0.29) is 16.9 Å². The molecule has 0 aliphatic heterocycles. The second-order valence-corrected chi connectivity index (χ2v) is 9.29. The number of nitrogens with zero attached hydrogens (tertiary/aromatic N) is 3. The van der Waals surface area contributed by atoms with Crippen molar-refractivity contribution < 1.29 is 0 Å². The third-order valence-electron chi connectivity index (χ3n) is 4.99. The SMILES string of the molecule is O=c1[nH]c(SCc2nc3ccccc3c(=O)n2-c2c(Cl)cccc2Cl)nc2ccc(Cl)cc12. The van der Waals surface area contributed by atoms with Gasteiger partial charge >= 0.3 is 0 Å². The summed E-state index contributed by atoms with van der Waals surface area (Å²) in [6.45, 7) is 0. The molecule has 164 valence electrons. The number of rotatable bonds is 4. The number of hydrogen-bond acceptors (Lipinski definition) is 5. The van der Waals surface area contributed by atoms with Crippen LogP contribution in [-0.2, 0) is 5.75 Å². The molecule has 0 unspecified atom stereocenters. The fourth-order valence-electron chi connectivity index (χ4n) is 3.50. The Morgan fingerprint density at radius 2 is 1.58 bits per heavy atom. The zero-order valence-electron chi connectivity index (χ0n) is 16.7. The lowest BCUT2D eigenvalue weighted by atomic mass is 10.2. The molecular formula is C23H13Cl3N4O2S. The molecule has 0 spiro atoms. The van der Waals surface area contributed by atoms with E-state index in [9.17, 15) is 9.59 Å². The van der Waals surface area contributed by atoms with Gasteiger partial charge in [-0.25, -0.2) is 9.97 Å².